The van der Waals surface area contributed by atoms with E-state index >= 15 is 0 Å². The van der Waals surface area contributed by atoms with Gasteiger partial charge in [-0.2, -0.15) is 0 Å². The molecule has 0 bridgehead atoms. The number of fused-ring (bicyclic) bond motifs is 3. The molecule has 7 nitrogen and oxygen atoms in total. The Kier molecular flexibility index (Phi) is 6.36. The number of ether oxygens (including phenoxy) is 1. The summed E-state index contributed by atoms with van der Waals surface area (Å²) >= 11 is 0. The van der Waals surface area contributed by atoms with Gasteiger partial charge < -0.3 is 15.8 Å². The first-order chi connectivity index (χ1) is 16.3. The summed E-state index contributed by atoms with van der Waals surface area (Å²) in [5.74, 6) is -1.07. The van der Waals surface area contributed by atoms with E-state index in [1.165, 1.54) is 0 Å². The van der Waals surface area contributed by atoms with Crippen LogP contribution in [0.4, 0.5) is 11.4 Å². The van der Waals surface area contributed by atoms with Crippen LogP contribution in [-0.4, -0.2) is 30.9 Å². The Morgan fingerprint density at radius 3 is 2.47 bits per heavy atom. The van der Waals surface area contributed by atoms with E-state index in [0.717, 1.165) is 21.6 Å². The second kappa shape index (κ2) is 9.39. The third kappa shape index (κ3) is 4.24. The largest absolute Gasteiger partial charge is 0.497 e. The standard InChI is InChI=1S/C27H27N3O4/c1-16-20-7-4-5-8-21(20)25-22(28)9-6-10-23(25)30(26(16)32)27(33)17(2)29-24(31)15-18-11-13-19(34-3)14-12-18/h4-14,16-17H,15,28H2,1-3H3,(H,29,31)/t16?,17-/m0/s1. The number of nitrogen functional groups attached to an aromatic ring is 1. The van der Waals surface area contributed by atoms with Crippen LogP contribution in [-0.2, 0) is 20.8 Å². The highest BCUT2D eigenvalue weighted by Crippen LogP contribution is 2.44. The van der Waals surface area contributed by atoms with Gasteiger partial charge in [0.15, 0.2) is 0 Å². The average molecular weight is 458 g/mol. The van der Waals surface area contributed by atoms with Gasteiger partial charge in [0.1, 0.15) is 11.8 Å². The molecule has 0 saturated carbocycles. The van der Waals surface area contributed by atoms with Gasteiger partial charge in [-0.25, -0.2) is 4.90 Å². The van der Waals surface area contributed by atoms with Crippen LogP contribution >= 0.6 is 0 Å². The normalized spacial score (nSPS) is 15.6. The van der Waals surface area contributed by atoms with E-state index in [1.54, 1.807) is 63.4 Å². The fourth-order valence-corrected chi connectivity index (χ4v) is 4.29. The van der Waals surface area contributed by atoms with Crippen molar-refractivity contribution in [3.05, 3.63) is 77.9 Å². The third-order valence-electron chi connectivity index (χ3n) is 6.10. The van der Waals surface area contributed by atoms with Crippen LogP contribution in [0.1, 0.15) is 30.9 Å². The molecule has 0 fully saturated rings. The lowest BCUT2D eigenvalue weighted by Gasteiger charge is -2.26. The molecule has 2 atom stereocenters. The number of hydrogen-bond acceptors (Lipinski definition) is 5. The van der Waals surface area contributed by atoms with Crippen LogP contribution in [0.2, 0.25) is 0 Å². The first-order valence-corrected chi connectivity index (χ1v) is 11.1. The van der Waals surface area contributed by atoms with Gasteiger partial charge in [0, 0.05) is 11.3 Å². The van der Waals surface area contributed by atoms with Crippen LogP contribution in [0.25, 0.3) is 11.1 Å². The maximum Gasteiger partial charge on any atom is 0.256 e. The maximum atomic E-state index is 13.5. The number of nitrogens with zero attached hydrogens (tertiary/aromatic N) is 1. The number of hydrogen-bond donors (Lipinski definition) is 2. The molecule has 3 amide bonds. The van der Waals surface area contributed by atoms with Crippen molar-refractivity contribution in [3.8, 4) is 16.9 Å². The number of anilines is 2. The van der Waals surface area contributed by atoms with Gasteiger partial charge in [-0.1, -0.05) is 42.5 Å². The van der Waals surface area contributed by atoms with E-state index < -0.39 is 17.9 Å². The summed E-state index contributed by atoms with van der Waals surface area (Å²) in [6.45, 7) is 3.35. The Morgan fingerprint density at radius 1 is 1.06 bits per heavy atom. The number of nitrogens with one attached hydrogen (secondary N) is 1. The molecule has 1 unspecified atom stereocenters. The average Bonchev–Trinajstić information content (AvgIpc) is 2.93. The highest BCUT2D eigenvalue weighted by Gasteiger charge is 2.37. The fourth-order valence-electron chi connectivity index (χ4n) is 4.29. The minimum atomic E-state index is -0.919. The van der Waals surface area contributed by atoms with Crippen molar-refractivity contribution in [2.24, 2.45) is 0 Å². The lowest BCUT2D eigenvalue weighted by Crippen LogP contribution is -2.50. The summed E-state index contributed by atoms with van der Waals surface area (Å²) in [5, 5.41) is 2.73. The van der Waals surface area contributed by atoms with E-state index in [9.17, 15) is 14.4 Å². The Bertz CT molecular complexity index is 1250. The summed E-state index contributed by atoms with van der Waals surface area (Å²) in [5.41, 5.74) is 10.3. The quantitative estimate of drug-likeness (QED) is 0.569. The number of benzene rings is 3. The molecule has 1 heterocycles. The second-order valence-electron chi connectivity index (χ2n) is 8.38. The first-order valence-electron chi connectivity index (χ1n) is 11.1. The smallest absolute Gasteiger partial charge is 0.256 e. The van der Waals surface area contributed by atoms with Gasteiger partial charge in [-0.05, 0) is 54.8 Å². The lowest BCUT2D eigenvalue weighted by atomic mass is 9.92. The van der Waals surface area contributed by atoms with Crippen molar-refractivity contribution in [2.45, 2.75) is 32.2 Å². The molecule has 3 aromatic rings. The number of amides is 3. The summed E-state index contributed by atoms with van der Waals surface area (Å²) in [7, 11) is 1.57. The minimum absolute atomic E-state index is 0.0982. The Hall–Kier alpha value is -4.13. The van der Waals surface area contributed by atoms with Gasteiger partial charge in [0.2, 0.25) is 11.8 Å². The Morgan fingerprint density at radius 2 is 1.76 bits per heavy atom. The molecular formula is C27H27N3O4. The number of carbonyl (C=O) groups is 3. The summed E-state index contributed by atoms with van der Waals surface area (Å²) in [4.78, 5) is 40.8. The van der Waals surface area contributed by atoms with Crippen molar-refractivity contribution >= 4 is 29.1 Å². The molecule has 34 heavy (non-hydrogen) atoms. The van der Waals surface area contributed by atoms with Crippen LogP contribution in [0.5, 0.6) is 5.75 Å². The molecule has 7 heteroatoms. The monoisotopic (exact) mass is 457 g/mol. The molecular weight excluding hydrogens is 430 g/mol. The Balaban J connectivity index is 1.61. The van der Waals surface area contributed by atoms with Crippen molar-refractivity contribution in [1.82, 2.24) is 5.32 Å². The molecule has 1 aliphatic rings. The molecule has 4 rings (SSSR count). The summed E-state index contributed by atoms with van der Waals surface area (Å²) < 4.78 is 5.14. The van der Waals surface area contributed by atoms with Gasteiger partial charge in [-0.3, -0.25) is 14.4 Å². The molecule has 0 aromatic heterocycles. The molecule has 1 aliphatic heterocycles. The van der Waals surface area contributed by atoms with Crippen LogP contribution in [0.15, 0.2) is 66.7 Å². The third-order valence-corrected chi connectivity index (χ3v) is 6.10. The Labute approximate surface area is 198 Å². The zero-order valence-corrected chi connectivity index (χ0v) is 19.4. The van der Waals surface area contributed by atoms with E-state index in [1.807, 2.05) is 24.3 Å². The van der Waals surface area contributed by atoms with Crippen molar-refractivity contribution in [1.29, 1.82) is 0 Å². The fraction of sp³-hybridized carbons (Fsp3) is 0.222. The number of methoxy groups -OCH3 is 1. The number of imide groups is 1. The summed E-state index contributed by atoms with van der Waals surface area (Å²) in [6, 6.07) is 18.9. The topological polar surface area (TPSA) is 102 Å². The molecule has 0 radical (unpaired) electrons. The maximum absolute atomic E-state index is 13.5. The van der Waals surface area contributed by atoms with E-state index in [2.05, 4.69) is 5.32 Å². The van der Waals surface area contributed by atoms with Gasteiger partial charge >= 0.3 is 0 Å². The lowest BCUT2D eigenvalue weighted by molar-refractivity contribution is -0.131. The molecule has 0 saturated heterocycles. The molecule has 3 N–H and O–H groups in total. The predicted octanol–water partition coefficient (Wildman–Crippen LogP) is 3.67. The molecule has 0 aliphatic carbocycles. The van der Waals surface area contributed by atoms with E-state index in [-0.39, 0.29) is 18.2 Å². The van der Waals surface area contributed by atoms with Crippen LogP contribution < -0.4 is 20.7 Å². The number of nitrogens with two attached hydrogens (primary N) is 1. The van der Waals surface area contributed by atoms with Gasteiger partial charge in [0.05, 0.1) is 25.1 Å². The van der Waals surface area contributed by atoms with Gasteiger partial charge in [-0.15, -0.1) is 0 Å². The first kappa shape index (κ1) is 23.0. The zero-order valence-electron chi connectivity index (χ0n) is 19.4. The summed E-state index contributed by atoms with van der Waals surface area (Å²) in [6.07, 6.45) is 0.0982. The SMILES string of the molecule is COc1ccc(CC(=O)N[C@@H](C)C(=O)N2C(=O)C(C)c3ccccc3-c3c(N)cccc32)cc1. The number of carbonyl (C=O) groups excluding carboxylic acids is 3. The van der Waals surface area contributed by atoms with Crippen molar-refractivity contribution < 1.29 is 19.1 Å². The number of rotatable bonds is 5. The predicted molar refractivity (Wildman–Crippen MR) is 132 cm³/mol. The highest BCUT2D eigenvalue weighted by atomic mass is 16.5. The second-order valence-corrected chi connectivity index (χ2v) is 8.38. The molecule has 3 aromatic carbocycles. The highest BCUT2D eigenvalue weighted by molar-refractivity contribution is 6.22. The molecule has 174 valence electrons. The van der Waals surface area contributed by atoms with E-state index in [0.29, 0.717) is 22.7 Å². The minimum Gasteiger partial charge on any atom is -0.497 e. The zero-order chi connectivity index (χ0) is 24.4. The van der Waals surface area contributed by atoms with Crippen molar-refractivity contribution in [2.75, 3.05) is 17.7 Å². The van der Waals surface area contributed by atoms with Crippen molar-refractivity contribution in [3.63, 3.8) is 0 Å². The van der Waals surface area contributed by atoms with E-state index in [4.69, 9.17) is 10.5 Å². The van der Waals surface area contributed by atoms with Crippen LogP contribution in [0, 0.1) is 0 Å². The van der Waals surface area contributed by atoms with Crippen LogP contribution in [0.3, 0.4) is 0 Å². The molecule has 0 spiro atoms. The van der Waals surface area contributed by atoms with Gasteiger partial charge in [0.25, 0.3) is 5.91 Å².